The van der Waals surface area contributed by atoms with Gasteiger partial charge in [0.2, 0.25) is 0 Å². The molecule has 0 saturated carbocycles. The number of nitrogens with zero attached hydrogens (tertiary/aromatic N) is 1. The van der Waals surface area contributed by atoms with E-state index in [2.05, 4.69) is 17.4 Å². The fourth-order valence-electron chi connectivity index (χ4n) is 3.07. The van der Waals surface area contributed by atoms with E-state index in [0.29, 0.717) is 13.1 Å². The summed E-state index contributed by atoms with van der Waals surface area (Å²) >= 11 is 0. The Morgan fingerprint density at radius 2 is 2.00 bits per heavy atom. The number of hydrogen-bond donors (Lipinski definition) is 2. The van der Waals surface area contributed by atoms with Crippen LogP contribution in [0.2, 0.25) is 0 Å². The van der Waals surface area contributed by atoms with Gasteiger partial charge in [-0.3, -0.25) is 0 Å². The largest absolute Gasteiger partial charge is 0.465 e. The Morgan fingerprint density at radius 1 is 1.30 bits per heavy atom. The summed E-state index contributed by atoms with van der Waals surface area (Å²) in [6.45, 7) is 2.73. The molecule has 1 atom stereocenters. The van der Waals surface area contributed by atoms with Crippen LogP contribution in [-0.4, -0.2) is 47.9 Å². The summed E-state index contributed by atoms with van der Waals surface area (Å²) in [5.41, 5.74) is 0.963. The van der Waals surface area contributed by atoms with Crippen LogP contribution in [0.25, 0.3) is 0 Å². The van der Waals surface area contributed by atoms with Crippen molar-refractivity contribution in [2.75, 3.05) is 26.2 Å². The third-order valence-corrected chi connectivity index (χ3v) is 4.29. The Labute approximate surface area is 118 Å². The van der Waals surface area contributed by atoms with E-state index in [9.17, 15) is 4.79 Å². The molecule has 2 saturated heterocycles. The summed E-state index contributed by atoms with van der Waals surface area (Å²) in [7, 11) is 0. The van der Waals surface area contributed by atoms with Crippen molar-refractivity contribution in [2.24, 2.45) is 0 Å². The highest BCUT2D eigenvalue weighted by Gasteiger charge is 2.41. The van der Waals surface area contributed by atoms with Crippen LogP contribution >= 0.6 is 0 Å². The molecule has 1 aromatic rings. The molecule has 5 heteroatoms. The number of piperidine rings is 1. The van der Waals surface area contributed by atoms with Crippen molar-refractivity contribution in [1.82, 2.24) is 10.2 Å². The Kier molecular flexibility index (Phi) is 3.63. The van der Waals surface area contributed by atoms with Gasteiger partial charge in [0.25, 0.3) is 0 Å². The fourth-order valence-corrected chi connectivity index (χ4v) is 3.07. The van der Waals surface area contributed by atoms with Gasteiger partial charge in [0, 0.05) is 26.2 Å². The Balaban J connectivity index is 1.68. The maximum absolute atomic E-state index is 11.0. The lowest BCUT2D eigenvalue weighted by molar-refractivity contribution is -0.141. The second-order valence-electron chi connectivity index (χ2n) is 5.60. The van der Waals surface area contributed by atoms with Gasteiger partial charge < -0.3 is 20.1 Å². The Morgan fingerprint density at radius 3 is 2.65 bits per heavy atom. The lowest BCUT2D eigenvalue weighted by Crippen LogP contribution is -2.56. The highest BCUT2D eigenvalue weighted by molar-refractivity contribution is 5.65. The summed E-state index contributed by atoms with van der Waals surface area (Å²) < 4.78 is 6.35. The number of carbonyl (C=O) groups is 1. The molecular weight excluding hydrogens is 256 g/mol. The van der Waals surface area contributed by atoms with Gasteiger partial charge in [-0.05, 0) is 18.4 Å². The summed E-state index contributed by atoms with van der Waals surface area (Å²) in [5.74, 6) is 0. The first kappa shape index (κ1) is 13.4. The smallest absolute Gasteiger partial charge is 0.407 e. The summed E-state index contributed by atoms with van der Waals surface area (Å²) in [5, 5.41) is 12.5. The van der Waals surface area contributed by atoms with Crippen molar-refractivity contribution in [1.29, 1.82) is 0 Å². The average Bonchev–Trinajstić information content (AvgIpc) is 2.49. The zero-order valence-electron chi connectivity index (χ0n) is 11.4. The van der Waals surface area contributed by atoms with Gasteiger partial charge in [0.15, 0.2) is 0 Å². The van der Waals surface area contributed by atoms with Crippen molar-refractivity contribution >= 4 is 6.09 Å². The van der Waals surface area contributed by atoms with Crippen molar-refractivity contribution in [2.45, 2.75) is 24.5 Å². The zero-order chi connectivity index (χ0) is 14.0. The first-order chi connectivity index (χ1) is 9.69. The second-order valence-corrected chi connectivity index (χ2v) is 5.60. The first-order valence-corrected chi connectivity index (χ1v) is 7.10. The van der Waals surface area contributed by atoms with E-state index in [1.54, 1.807) is 0 Å². The molecule has 2 aliphatic rings. The number of benzene rings is 1. The van der Waals surface area contributed by atoms with Crippen molar-refractivity contribution in [3.8, 4) is 0 Å². The third-order valence-electron chi connectivity index (χ3n) is 4.29. The monoisotopic (exact) mass is 276 g/mol. The number of rotatable bonds is 1. The van der Waals surface area contributed by atoms with E-state index in [0.717, 1.165) is 25.9 Å². The van der Waals surface area contributed by atoms with Crippen LogP contribution in [-0.2, 0) is 4.74 Å². The van der Waals surface area contributed by atoms with Gasteiger partial charge in [-0.15, -0.1) is 0 Å². The third kappa shape index (κ3) is 2.64. The molecule has 0 aliphatic carbocycles. The molecule has 108 valence electrons. The molecule has 20 heavy (non-hydrogen) atoms. The topological polar surface area (TPSA) is 61.8 Å². The highest BCUT2D eigenvalue weighted by Crippen LogP contribution is 2.34. The molecule has 0 radical (unpaired) electrons. The van der Waals surface area contributed by atoms with Gasteiger partial charge in [-0.1, -0.05) is 30.3 Å². The number of nitrogens with one attached hydrogen (secondary N) is 1. The molecule has 1 spiro atoms. The first-order valence-electron chi connectivity index (χ1n) is 7.10. The summed E-state index contributed by atoms with van der Waals surface area (Å²) in [6, 6.07) is 10.2. The van der Waals surface area contributed by atoms with Crippen LogP contribution in [0.15, 0.2) is 30.3 Å². The molecule has 5 nitrogen and oxygen atoms in total. The minimum absolute atomic E-state index is 0.0568. The van der Waals surface area contributed by atoms with E-state index in [4.69, 9.17) is 9.84 Å². The molecule has 0 aromatic heterocycles. The molecule has 3 rings (SSSR count). The maximum Gasteiger partial charge on any atom is 0.407 e. The van der Waals surface area contributed by atoms with Crippen molar-refractivity contribution in [3.05, 3.63) is 35.9 Å². The predicted octanol–water partition coefficient (Wildman–Crippen LogP) is 1.86. The lowest BCUT2D eigenvalue weighted by atomic mass is 9.89. The van der Waals surface area contributed by atoms with Gasteiger partial charge in [0.1, 0.15) is 0 Å². The number of morpholine rings is 1. The SMILES string of the molecule is O=C(O)N1CCC2(CC1)CNCC(c1ccccc1)O2. The minimum atomic E-state index is -0.830. The average molecular weight is 276 g/mol. The van der Waals surface area contributed by atoms with Crippen LogP contribution in [0, 0.1) is 0 Å². The van der Waals surface area contributed by atoms with Crippen LogP contribution in [0.4, 0.5) is 4.79 Å². The number of hydrogen-bond acceptors (Lipinski definition) is 3. The lowest BCUT2D eigenvalue weighted by Gasteiger charge is -2.46. The van der Waals surface area contributed by atoms with Crippen LogP contribution < -0.4 is 5.32 Å². The maximum atomic E-state index is 11.0. The number of ether oxygens (including phenoxy) is 1. The van der Waals surface area contributed by atoms with E-state index in [1.165, 1.54) is 10.5 Å². The summed E-state index contributed by atoms with van der Waals surface area (Å²) in [4.78, 5) is 12.5. The second kappa shape index (κ2) is 5.42. The molecule has 2 aliphatic heterocycles. The predicted molar refractivity (Wildman–Crippen MR) is 74.7 cm³/mol. The zero-order valence-corrected chi connectivity index (χ0v) is 11.4. The molecule has 1 amide bonds. The van der Waals surface area contributed by atoms with Crippen LogP contribution in [0.1, 0.15) is 24.5 Å². The normalized spacial score (nSPS) is 25.6. The van der Waals surface area contributed by atoms with Gasteiger partial charge in [-0.25, -0.2) is 4.79 Å². The van der Waals surface area contributed by atoms with Gasteiger partial charge in [0.05, 0.1) is 11.7 Å². The van der Waals surface area contributed by atoms with Gasteiger partial charge >= 0.3 is 6.09 Å². The molecule has 2 N–H and O–H groups in total. The standard InChI is InChI=1S/C15H20N2O3/c18-14(19)17-8-6-15(7-9-17)11-16-10-13(20-15)12-4-2-1-3-5-12/h1-5,13,16H,6-11H2,(H,18,19). The van der Waals surface area contributed by atoms with Crippen molar-refractivity contribution in [3.63, 3.8) is 0 Å². The van der Waals surface area contributed by atoms with Gasteiger partial charge in [-0.2, -0.15) is 0 Å². The highest BCUT2D eigenvalue weighted by atomic mass is 16.5. The molecule has 1 aromatic carbocycles. The number of likely N-dealkylation sites (tertiary alicyclic amines) is 1. The Hall–Kier alpha value is -1.59. The van der Waals surface area contributed by atoms with Crippen molar-refractivity contribution < 1.29 is 14.6 Å². The van der Waals surface area contributed by atoms with Crippen LogP contribution in [0.5, 0.6) is 0 Å². The summed E-state index contributed by atoms with van der Waals surface area (Å²) in [6.07, 6.45) is 0.746. The molecular formula is C15H20N2O3. The number of amides is 1. The van der Waals surface area contributed by atoms with Crippen LogP contribution in [0.3, 0.4) is 0 Å². The minimum Gasteiger partial charge on any atom is -0.465 e. The molecule has 0 bridgehead atoms. The quantitative estimate of drug-likeness (QED) is 0.822. The Bertz CT molecular complexity index is 469. The molecule has 2 fully saturated rings. The fraction of sp³-hybridized carbons (Fsp3) is 0.533. The molecule has 1 unspecified atom stereocenters. The van der Waals surface area contributed by atoms with E-state index in [-0.39, 0.29) is 11.7 Å². The van der Waals surface area contributed by atoms with E-state index in [1.807, 2.05) is 18.2 Å². The molecule has 2 heterocycles. The number of carboxylic acid groups (broad SMARTS) is 1. The van der Waals surface area contributed by atoms with E-state index < -0.39 is 6.09 Å². The van der Waals surface area contributed by atoms with E-state index >= 15 is 0 Å².